The minimum Gasteiger partial charge on any atom is -0.478 e. The van der Waals surface area contributed by atoms with E-state index in [1.54, 1.807) is 6.07 Å². The van der Waals surface area contributed by atoms with Crippen molar-refractivity contribution in [1.82, 2.24) is 0 Å². The maximum absolute atomic E-state index is 12.2. The van der Waals surface area contributed by atoms with Gasteiger partial charge in [-0.15, -0.1) is 0 Å². The number of sulfonamides is 1. The molecule has 0 unspecified atom stereocenters. The Morgan fingerprint density at radius 1 is 1.08 bits per heavy atom. The van der Waals surface area contributed by atoms with Crippen LogP contribution in [-0.4, -0.2) is 32.6 Å². The fraction of sp³-hybridized carbons (Fsp3) is 0.316. The summed E-state index contributed by atoms with van der Waals surface area (Å²) in [5, 5.41) is 14.9. The molecule has 0 aromatic heterocycles. The molecule has 7 heteroatoms. The van der Waals surface area contributed by atoms with Crippen molar-refractivity contribution in [2.75, 3.05) is 18.0 Å². The number of rotatable bonds is 5. The van der Waals surface area contributed by atoms with E-state index in [1.807, 2.05) is 30.3 Å². The van der Waals surface area contributed by atoms with Crippen LogP contribution >= 0.6 is 0 Å². The van der Waals surface area contributed by atoms with Gasteiger partial charge in [0.25, 0.3) is 0 Å². The van der Waals surface area contributed by atoms with Crippen molar-refractivity contribution >= 4 is 21.7 Å². The van der Waals surface area contributed by atoms with E-state index in [9.17, 15) is 18.3 Å². The van der Waals surface area contributed by atoms with Crippen molar-refractivity contribution in [2.45, 2.75) is 30.6 Å². The minimum absolute atomic E-state index is 0.0635. The first-order valence-corrected chi connectivity index (χ1v) is 10.1. The first-order chi connectivity index (χ1) is 12.4. The lowest BCUT2D eigenvalue weighted by Crippen LogP contribution is -2.31. The van der Waals surface area contributed by atoms with E-state index < -0.39 is 16.0 Å². The summed E-state index contributed by atoms with van der Waals surface area (Å²) in [7, 11) is -4.06. The second-order valence-corrected chi connectivity index (χ2v) is 8.06. The second kappa shape index (κ2) is 7.47. The summed E-state index contributed by atoms with van der Waals surface area (Å²) in [6.07, 6.45) is 3.48. The lowest BCUT2D eigenvalue weighted by Gasteiger charge is -2.31. The number of carboxylic acid groups (broad SMARTS) is 1. The van der Waals surface area contributed by atoms with Gasteiger partial charge >= 0.3 is 5.97 Å². The van der Waals surface area contributed by atoms with Crippen LogP contribution in [0.4, 0.5) is 5.69 Å². The third-order valence-corrected chi connectivity index (χ3v) is 5.64. The average molecular weight is 374 g/mol. The molecule has 0 atom stereocenters. The predicted molar refractivity (Wildman–Crippen MR) is 100 cm³/mol. The first-order valence-electron chi connectivity index (χ1n) is 8.58. The van der Waals surface area contributed by atoms with Gasteiger partial charge in [0, 0.05) is 25.2 Å². The Hall–Kier alpha value is -2.38. The third-order valence-electron chi connectivity index (χ3n) is 4.66. The summed E-state index contributed by atoms with van der Waals surface area (Å²) in [6.45, 7) is 1.55. The number of aromatic carboxylic acids is 1. The van der Waals surface area contributed by atoms with Gasteiger partial charge in [-0.05, 0) is 42.5 Å². The standard InChI is InChI=1S/C19H22N2O4S/c20-26(24,25)18-13-15(19(22)23)12-17(21-9-5-2-6-10-21)16(18)11-14-7-3-1-4-8-14/h1,3-4,7-8,12-13H,2,5-6,9-11H2,(H,22,23)(H2,20,24,25). The smallest absolute Gasteiger partial charge is 0.335 e. The number of piperidine rings is 1. The number of carboxylic acids is 1. The highest BCUT2D eigenvalue weighted by molar-refractivity contribution is 7.89. The zero-order valence-electron chi connectivity index (χ0n) is 14.4. The van der Waals surface area contributed by atoms with E-state index in [2.05, 4.69) is 4.90 Å². The molecule has 26 heavy (non-hydrogen) atoms. The van der Waals surface area contributed by atoms with Crippen molar-refractivity contribution < 1.29 is 18.3 Å². The molecule has 0 saturated carbocycles. The molecular weight excluding hydrogens is 352 g/mol. The van der Waals surface area contributed by atoms with Crippen molar-refractivity contribution in [1.29, 1.82) is 0 Å². The van der Waals surface area contributed by atoms with E-state index in [0.29, 0.717) is 17.7 Å². The predicted octanol–water partition coefficient (Wildman–Crippen LogP) is 2.61. The minimum atomic E-state index is -4.06. The topological polar surface area (TPSA) is 101 Å². The molecule has 1 heterocycles. The fourth-order valence-electron chi connectivity index (χ4n) is 3.40. The maximum atomic E-state index is 12.2. The van der Waals surface area contributed by atoms with Gasteiger partial charge in [-0.1, -0.05) is 30.3 Å². The Morgan fingerprint density at radius 3 is 2.31 bits per heavy atom. The third kappa shape index (κ3) is 4.05. The Bertz CT molecular complexity index is 905. The summed E-state index contributed by atoms with van der Waals surface area (Å²) >= 11 is 0. The molecule has 0 radical (unpaired) electrons. The SMILES string of the molecule is NS(=O)(=O)c1cc(C(=O)O)cc(N2CCCCC2)c1Cc1ccccc1. The summed E-state index contributed by atoms with van der Waals surface area (Å²) in [5.74, 6) is -1.17. The van der Waals surface area contributed by atoms with Crippen molar-refractivity contribution in [3.8, 4) is 0 Å². The van der Waals surface area contributed by atoms with Crippen molar-refractivity contribution in [2.24, 2.45) is 5.14 Å². The molecule has 0 spiro atoms. The maximum Gasteiger partial charge on any atom is 0.335 e. The molecule has 0 aliphatic carbocycles. The number of hydrogen-bond acceptors (Lipinski definition) is 4. The van der Waals surface area contributed by atoms with Gasteiger partial charge in [0.1, 0.15) is 0 Å². The molecule has 0 bridgehead atoms. The number of benzene rings is 2. The zero-order valence-corrected chi connectivity index (χ0v) is 15.2. The summed E-state index contributed by atoms with van der Waals surface area (Å²) in [5.41, 5.74) is 2.09. The van der Waals surface area contributed by atoms with E-state index >= 15 is 0 Å². The highest BCUT2D eigenvalue weighted by atomic mass is 32.2. The second-order valence-electron chi connectivity index (χ2n) is 6.53. The summed E-state index contributed by atoms with van der Waals surface area (Å²) in [4.78, 5) is 13.5. The van der Waals surface area contributed by atoms with Crippen LogP contribution in [0.3, 0.4) is 0 Å². The lowest BCUT2D eigenvalue weighted by atomic mass is 9.99. The van der Waals surface area contributed by atoms with Crippen LogP contribution in [-0.2, 0) is 16.4 Å². The van der Waals surface area contributed by atoms with E-state index in [0.717, 1.165) is 37.9 Å². The number of anilines is 1. The highest BCUT2D eigenvalue weighted by Gasteiger charge is 2.25. The van der Waals surface area contributed by atoms with E-state index in [-0.39, 0.29) is 10.5 Å². The van der Waals surface area contributed by atoms with Gasteiger partial charge in [-0.2, -0.15) is 0 Å². The monoisotopic (exact) mass is 374 g/mol. The van der Waals surface area contributed by atoms with Crippen molar-refractivity contribution in [3.63, 3.8) is 0 Å². The molecule has 1 saturated heterocycles. The van der Waals surface area contributed by atoms with E-state index in [4.69, 9.17) is 5.14 Å². The lowest BCUT2D eigenvalue weighted by molar-refractivity contribution is 0.0696. The molecule has 1 aliphatic rings. The van der Waals surface area contributed by atoms with Crippen molar-refractivity contribution in [3.05, 3.63) is 59.2 Å². The Kier molecular flexibility index (Phi) is 5.29. The van der Waals surface area contributed by atoms with Gasteiger partial charge in [-0.3, -0.25) is 0 Å². The quantitative estimate of drug-likeness (QED) is 0.838. The van der Waals surface area contributed by atoms with E-state index in [1.165, 1.54) is 6.07 Å². The molecular formula is C19H22N2O4S. The molecule has 2 aromatic carbocycles. The van der Waals surface area contributed by atoms with Gasteiger partial charge in [-0.25, -0.2) is 18.4 Å². The first kappa shape index (κ1) is 18.4. The molecule has 2 aromatic rings. The summed E-state index contributed by atoms with van der Waals surface area (Å²) < 4.78 is 24.4. The molecule has 1 fully saturated rings. The molecule has 6 nitrogen and oxygen atoms in total. The summed E-state index contributed by atoms with van der Waals surface area (Å²) in [6, 6.07) is 12.2. The number of nitrogens with zero attached hydrogens (tertiary/aromatic N) is 1. The van der Waals surface area contributed by atoms with Gasteiger partial charge in [0.15, 0.2) is 0 Å². The molecule has 3 rings (SSSR count). The molecule has 0 amide bonds. The Labute approximate surface area is 153 Å². The Balaban J connectivity index is 2.20. The van der Waals surface area contributed by atoms with Gasteiger partial charge in [0.2, 0.25) is 10.0 Å². The average Bonchev–Trinajstić information content (AvgIpc) is 2.62. The van der Waals surface area contributed by atoms with Crippen LogP contribution in [0.2, 0.25) is 0 Å². The van der Waals surface area contributed by atoms with Gasteiger partial charge in [0.05, 0.1) is 10.5 Å². The number of hydrogen-bond donors (Lipinski definition) is 2. The van der Waals surface area contributed by atoms with Crippen LogP contribution in [0.1, 0.15) is 40.7 Å². The molecule has 138 valence electrons. The number of carbonyl (C=O) groups is 1. The largest absolute Gasteiger partial charge is 0.478 e. The Morgan fingerprint density at radius 2 is 1.73 bits per heavy atom. The van der Waals surface area contributed by atoms with Crippen LogP contribution < -0.4 is 10.0 Å². The van der Waals surface area contributed by atoms with Gasteiger partial charge < -0.3 is 10.0 Å². The van der Waals surface area contributed by atoms with Crippen LogP contribution in [0.15, 0.2) is 47.4 Å². The normalized spacial score (nSPS) is 15.0. The highest BCUT2D eigenvalue weighted by Crippen LogP contribution is 2.32. The molecule has 1 aliphatic heterocycles. The molecule has 3 N–H and O–H groups in total. The number of primary sulfonamides is 1. The zero-order chi connectivity index (χ0) is 18.7. The van der Waals surface area contributed by atoms with Crippen LogP contribution in [0.5, 0.6) is 0 Å². The van der Waals surface area contributed by atoms with Crippen LogP contribution in [0.25, 0.3) is 0 Å². The fourth-order valence-corrected chi connectivity index (χ4v) is 4.21. The number of nitrogens with two attached hydrogens (primary N) is 1. The van der Waals surface area contributed by atoms with Crippen LogP contribution in [0, 0.1) is 0 Å².